The Balaban J connectivity index is 0.000000416. The minimum absolute atomic E-state index is 0.0411. The van der Waals surface area contributed by atoms with Gasteiger partial charge in [0.1, 0.15) is 0 Å². The van der Waals surface area contributed by atoms with Crippen LogP contribution in [0.4, 0.5) is 0 Å². The number of H-pyrrole nitrogens is 1. The van der Waals surface area contributed by atoms with Gasteiger partial charge in [-0.25, -0.2) is 5.10 Å². The number of halogens is 2. The molecular weight excluding hydrogens is 453 g/mol. The van der Waals surface area contributed by atoms with Crippen LogP contribution in [0.15, 0.2) is 53.7 Å². The predicted molar refractivity (Wildman–Crippen MR) is 126 cm³/mol. The van der Waals surface area contributed by atoms with Gasteiger partial charge in [-0.05, 0) is 35.3 Å². The summed E-state index contributed by atoms with van der Waals surface area (Å²) in [6.45, 7) is 5.82. The van der Waals surface area contributed by atoms with Crippen molar-refractivity contribution in [2.24, 2.45) is 0 Å². The van der Waals surface area contributed by atoms with E-state index < -0.39 is 0 Å². The molecule has 2 aromatic rings. The number of nitrogens with one attached hydrogen (secondary N) is 1. The fourth-order valence-electron chi connectivity index (χ4n) is 2.97. The highest BCUT2D eigenvalue weighted by Crippen LogP contribution is 2.39. The maximum atomic E-state index is 11.8. The third-order valence-corrected chi connectivity index (χ3v) is 5.14. The van der Waals surface area contributed by atoms with Crippen LogP contribution in [0.5, 0.6) is 11.6 Å². The maximum Gasteiger partial charge on any atom is 0.267 e. The van der Waals surface area contributed by atoms with Crippen LogP contribution in [0.2, 0.25) is 10.0 Å². The minimum atomic E-state index is -0.236. The van der Waals surface area contributed by atoms with Gasteiger partial charge in [0.25, 0.3) is 5.56 Å². The summed E-state index contributed by atoms with van der Waals surface area (Å²) in [5, 5.41) is 7.09. The summed E-state index contributed by atoms with van der Waals surface area (Å²) in [5.41, 5.74) is 2.25. The second-order valence-electron chi connectivity index (χ2n) is 7.47. The molecule has 32 heavy (non-hydrogen) atoms. The van der Waals surface area contributed by atoms with Gasteiger partial charge in [-0.3, -0.25) is 4.79 Å². The molecule has 2 aliphatic heterocycles. The first kappa shape index (κ1) is 23.9. The Bertz CT molecular complexity index is 1060. The van der Waals surface area contributed by atoms with Crippen molar-refractivity contribution in [2.45, 2.75) is 19.8 Å². The van der Waals surface area contributed by atoms with E-state index in [2.05, 4.69) is 25.9 Å². The molecule has 4 rings (SSSR count). The molecule has 7 nitrogen and oxygen atoms in total. The van der Waals surface area contributed by atoms with Crippen molar-refractivity contribution in [1.82, 2.24) is 15.1 Å². The van der Waals surface area contributed by atoms with Crippen molar-refractivity contribution in [3.63, 3.8) is 0 Å². The molecule has 0 saturated carbocycles. The first-order valence-corrected chi connectivity index (χ1v) is 10.8. The SMILES string of the molecule is C1=COCOC1.CC(C)c1cc(Oc2c(Cl)cc(C3=CN(C)CC=C3)cc2Cl)n[nH]c1=O. The first-order chi connectivity index (χ1) is 15.3. The van der Waals surface area contributed by atoms with Crippen LogP contribution >= 0.6 is 23.2 Å². The lowest BCUT2D eigenvalue weighted by Crippen LogP contribution is -2.15. The highest BCUT2D eigenvalue weighted by Gasteiger charge is 2.15. The van der Waals surface area contributed by atoms with E-state index in [0.29, 0.717) is 34.8 Å². The number of rotatable bonds is 4. The molecule has 0 amide bonds. The van der Waals surface area contributed by atoms with Crippen LogP contribution in [0.25, 0.3) is 5.57 Å². The van der Waals surface area contributed by atoms with Crippen molar-refractivity contribution >= 4 is 28.8 Å². The van der Waals surface area contributed by atoms with Gasteiger partial charge < -0.3 is 19.1 Å². The Kier molecular flexibility index (Phi) is 8.39. The smallest absolute Gasteiger partial charge is 0.267 e. The van der Waals surface area contributed by atoms with Gasteiger partial charge in [0.15, 0.2) is 12.5 Å². The molecule has 1 N–H and O–H groups in total. The Labute approximate surface area is 196 Å². The standard InChI is InChI=1S/C19H19Cl2N3O2.C4H6O2/c1-11(2)14-9-17(22-23-19(14)25)26-18-15(20)7-13(8-16(18)21)12-5-4-6-24(3)10-12;1-2-5-4-6-3-1/h4-5,7-11H,6H2,1-3H3,(H,23,25);1-2H,3-4H2. The lowest BCUT2D eigenvalue weighted by molar-refractivity contribution is -0.0147. The molecule has 3 heterocycles. The van der Waals surface area contributed by atoms with Gasteiger partial charge in [-0.2, -0.15) is 0 Å². The number of benzene rings is 1. The fraction of sp³-hybridized carbons (Fsp3) is 0.304. The summed E-state index contributed by atoms with van der Waals surface area (Å²) in [6.07, 6.45) is 9.59. The summed E-state index contributed by atoms with van der Waals surface area (Å²) in [7, 11) is 2.00. The molecule has 0 radical (unpaired) electrons. The van der Waals surface area contributed by atoms with E-state index in [4.69, 9.17) is 32.7 Å². The summed E-state index contributed by atoms with van der Waals surface area (Å²) in [4.78, 5) is 13.9. The maximum absolute atomic E-state index is 11.8. The largest absolute Gasteiger partial charge is 0.475 e. The minimum Gasteiger partial charge on any atom is -0.475 e. The number of ether oxygens (including phenoxy) is 3. The molecule has 0 aliphatic carbocycles. The van der Waals surface area contributed by atoms with Gasteiger partial charge in [-0.15, -0.1) is 5.10 Å². The van der Waals surface area contributed by atoms with E-state index in [1.807, 2.05) is 39.2 Å². The topological polar surface area (TPSA) is 76.7 Å². The monoisotopic (exact) mass is 477 g/mol. The summed E-state index contributed by atoms with van der Waals surface area (Å²) in [6, 6.07) is 5.20. The molecule has 1 aromatic carbocycles. The highest BCUT2D eigenvalue weighted by molar-refractivity contribution is 6.37. The van der Waals surface area contributed by atoms with Gasteiger partial charge >= 0.3 is 0 Å². The molecule has 0 atom stereocenters. The molecule has 0 fully saturated rings. The molecule has 0 spiro atoms. The van der Waals surface area contributed by atoms with Crippen LogP contribution in [0, 0.1) is 0 Å². The third kappa shape index (κ3) is 6.38. The van der Waals surface area contributed by atoms with E-state index in [1.165, 1.54) is 0 Å². The Morgan fingerprint density at radius 1 is 1.19 bits per heavy atom. The zero-order chi connectivity index (χ0) is 23.1. The van der Waals surface area contributed by atoms with E-state index >= 15 is 0 Å². The summed E-state index contributed by atoms with van der Waals surface area (Å²) < 4.78 is 15.2. The Hall–Kier alpha value is -2.74. The van der Waals surface area contributed by atoms with Gasteiger partial charge in [-0.1, -0.05) is 49.2 Å². The van der Waals surface area contributed by atoms with E-state index in [0.717, 1.165) is 17.7 Å². The number of likely N-dealkylation sites (N-methyl/N-ethyl adjacent to an activating group) is 1. The van der Waals surface area contributed by atoms with Crippen molar-refractivity contribution < 1.29 is 14.2 Å². The normalized spacial score (nSPS) is 15.1. The second kappa shape index (κ2) is 11.2. The van der Waals surface area contributed by atoms with E-state index in [9.17, 15) is 4.79 Å². The lowest BCUT2D eigenvalue weighted by Gasteiger charge is -2.19. The predicted octanol–water partition coefficient (Wildman–Crippen LogP) is 5.34. The van der Waals surface area contributed by atoms with Gasteiger partial charge in [0, 0.05) is 31.4 Å². The van der Waals surface area contributed by atoms with Crippen LogP contribution in [-0.4, -0.2) is 42.1 Å². The third-order valence-electron chi connectivity index (χ3n) is 4.58. The zero-order valence-corrected chi connectivity index (χ0v) is 19.6. The van der Waals surface area contributed by atoms with E-state index in [-0.39, 0.29) is 17.4 Å². The number of nitrogens with zero attached hydrogens (tertiary/aromatic N) is 2. The highest BCUT2D eigenvalue weighted by atomic mass is 35.5. The van der Waals surface area contributed by atoms with Crippen LogP contribution < -0.4 is 10.3 Å². The zero-order valence-electron chi connectivity index (χ0n) is 18.1. The number of allylic oxidation sites excluding steroid dienone is 2. The van der Waals surface area contributed by atoms with Crippen molar-refractivity contribution in [3.8, 4) is 11.6 Å². The number of hydrogen-bond donors (Lipinski definition) is 1. The fourth-order valence-corrected chi connectivity index (χ4v) is 3.54. The number of aromatic nitrogens is 2. The van der Waals surface area contributed by atoms with Gasteiger partial charge in [0.05, 0.1) is 22.9 Å². The van der Waals surface area contributed by atoms with E-state index in [1.54, 1.807) is 24.5 Å². The molecular formula is C23H25Cl2N3O4. The quantitative estimate of drug-likeness (QED) is 0.640. The molecule has 9 heteroatoms. The van der Waals surface area contributed by atoms with Crippen molar-refractivity contribution in [3.05, 3.63) is 80.4 Å². The van der Waals surface area contributed by atoms with Crippen molar-refractivity contribution in [1.29, 1.82) is 0 Å². The van der Waals surface area contributed by atoms with Crippen molar-refractivity contribution in [2.75, 3.05) is 27.0 Å². The molecule has 170 valence electrons. The summed E-state index contributed by atoms with van der Waals surface area (Å²) >= 11 is 12.8. The number of hydrogen-bond acceptors (Lipinski definition) is 6. The molecule has 0 bridgehead atoms. The average Bonchev–Trinajstić information content (AvgIpc) is 2.78. The van der Waals surface area contributed by atoms with Gasteiger partial charge in [0.2, 0.25) is 5.88 Å². The molecule has 1 aromatic heterocycles. The molecule has 0 saturated heterocycles. The van der Waals surface area contributed by atoms with Crippen LogP contribution in [-0.2, 0) is 9.47 Å². The lowest BCUT2D eigenvalue weighted by atomic mass is 10.0. The Morgan fingerprint density at radius 3 is 2.47 bits per heavy atom. The number of aromatic amines is 1. The second-order valence-corrected chi connectivity index (χ2v) is 8.28. The van der Waals surface area contributed by atoms with Crippen LogP contribution in [0.1, 0.15) is 30.9 Å². The van der Waals surface area contributed by atoms with Crippen LogP contribution in [0.3, 0.4) is 0 Å². The average molecular weight is 478 g/mol. The summed E-state index contributed by atoms with van der Waals surface area (Å²) in [5.74, 6) is 0.584. The molecule has 2 aliphatic rings. The Morgan fingerprint density at radius 2 is 1.94 bits per heavy atom. The first-order valence-electron chi connectivity index (χ1n) is 10.0. The molecule has 0 unspecified atom stereocenters.